The molecular weight excluding hydrogens is 260 g/mol. The number of hydrogen-bond acceptors (Lipinski definition) is 4. The smallest absolute Gasteiger partial charge is 0.154 e. The van der Waals surface area contributed by atoms with E-state index in [0.29, 0.717) is 11.7 Å². The fourth-order valence-corrected chi connectivity index (χ4v) is 2.52. The summed E-state index contributed by atoms with van der Waals surface area (Å²) in [6.45, 7) is 2.06. The van der Waals surface area contributed by atoms with Crippen LogP contribution in [0.4, 0.5) is 5.69 Å². The topological polar surface area (TPSA) is 67.6 Å². The number of rotatable bonds is 2. The normalized spacial score (nSPS) is 18.1. The molecule has 0 saturated heterocycles. The Balaban J connectivity index is 2.09. The molecule has 0 unspecified atom stereocenters. The van der Waals surface area contributed by atoms with Crippen molar-refractivity contribution in [2.75, 3.05) is 4.90 Å². The van der Waals surface area contributed by atoms with Crippen LogP contribution >= 0.6 is 0 Å². The maximum absolute atomic E-state index is 6.21. The van der Waals surface area contributed by atoms with Crippen LogP contribution in [0, 0.1) is 6.92 Å². The Morgan fingerprint density at radius 2 is 1.76 bits per heavy atom. The average Bonchev–Trinajstić information content (AvgIpc) is 2.47. The van der Waals surface area contributed by atoms with Crippen molar-refractivity contribution in [3.8, 4) is 0 Å². The summed E-state index contributed by atoms with van der Waals surface area (Å²) in [4.78, 5) is 6.55. The van der Waals surface area contributed by atoms with Gasteiger partial charge in [-0.25, -0.2) is 4.99 Å². The van der Waals surface area contributed by atoms with E-state index < -0.39 is 0 Å². The van der Waals surface area contributed by atoms with Crippen molar-refractivity contribution >= 4 is 11.5 Å². The van der Waals surface area contributed by atoms with E-state index in [0.717, 1.165) is 11.3 Å². The van der Waals surface area contributed by atoms with Gasteiger partial charge in [0.25, 0.3) is 0 Å². The zero-order chi connectivity index (χ0) is 14.8. The van der Waals surface area contributed by atoms with Gasteiger partial charge in [-0.15, -0.1) is 0 Å². The lowest BCUT2D eigenvalue weighted by Gasteiger charge is -2.34. The first-order valence-electron chi connectivity index (χ1n) is 6.86. The summed E-state index contributed by atoms with van der Waals surface area (Å²) in [6, 6.07) is 18.2. The van der Waals surface area contributed by atoms with Crippen LogP contribution in [-0.2, 0) is 0 Å². The molecule has 0 saturated carbocycles. The number of hydrogen-bond donors (Lipinski definition) is 2. The highest BCUT2D eigenvalue weighted by molar-refractivity contribution is 5.94. The van der Waals surface area contributed by atoms with E-state index in [1.165, 1.54) is 5.56 Å². The highest BCUT2D eigenvalue weighted by Crippen LogP contribution is 2.33. The lowest BCUT2D eigenvalue weighted by atomic mass is 10.1. The predicted molar refractivity (Wildman–Crippen MR) is 86.7 cm³/mol. The van der Waals surface area contributed by atoms with Gasteiger partial charge in [-0.2, -0.15) is 0 Å². The molecule has 4 N–H and O–H groups in total. The Labute approximate surface area is 124 Å². The summed E-state index contributed by atoms with van der Waals surface area (Å²) in [5, 5.41) is 0. The fraction of sp³-hybridized carbons (Fsp3) is 0.118. The van der Waals surface area contributed by atoms with Crippen molar-refractivity contribution in [3.05, 3.63) is 77.6 Å². The first kappa shape index (κ1) is 13.2. The van der Waals surface area contributed by atoms with Crippen LogP contribution in [0.3, 0.4) is 0 Å². The molecule has 1 heterocycles. The number of amidine groups is 1. The van der Waals surface area contributed by atoms with Gasteiger partial charge in [0.2, 0.25) is 0 Å². The molecule has 2 aromatic rings. The molecule has 0 aromatic heterocycles. The number of aliphatic imine (C=N–C) groups is 1. The summed E-state index contributed by atoms with van der Waals surface area (Å²) in [5.41, 5.74) is 15.3. The molecule has 4 nitrogen and oxygen atoms in total. The quantitative estimate of drug-likeness (QED) is 0.887. The lowest BCUT2D eigenvalue weighted by Crippen LogP contribution is -2.36. The van der Waals surface area contributed by atoms with Gasteiger partial charge >= 0.3 is 0 Å². The molecular formula is C17H18N4. The Morgan fingerprint density at radius 1 is 1.00 bits per heavy atom. The largest absolute Gasteiger partial charge is 0.385 e. The predicted octanol–water partition coefficient (Wildman–Crippen LogP) is 2.67. The molecule has 0 bridgehead atoms. The van der Waals surface area contributed by atoms with Crippen LogP contribution in [0.25, 0.3) is 0 Å². The molecule has 0 spiro atoms. The fourth-order valence-electron chi connectivity index (χ4n) is 2.52. The van der Waals surface area contributed by atoms with E-state index in [-0.39, 0.29) is 6.17 Å². The molecule has 1 atom stereocenters. The monoisotopic (exact) mass is 278 g/mol. The third kappa shape index (κ3) is 2.60. The van der Waals surface area contributed by atoms with E-state index in [2.05, 4.69) is 24.0 Å². The maximum atomic E-state index is 6.21. The van der Waals surface area contributed by atoms with Crippen LogP contribution in [0.15, 0.2) is 71.5 Å². The number of anilines is 1. The molecule has 0 amide bonds. The standard InChI is InChI=1S/C17H18N4/c1-12-6-5-9-14(10-12)21-16(19)11-15(18)20-17(21)13-7-3-2-4-8-13/h2-11,17H,19H2,1H3,(H2,18,20)/t17-/m1/s1. The summed E-state index contributed by atoms with van der Waals surface area (Å²) >= 11 is 0. The minimum Gasteiger partial charge on any atom is -0.385 e. The van der Waals surface area contributed by atoms with Crippen LogP contribution in [-0.4, -0.2) is 5.84 Å². The van der Waals surface area contributed by atoms with Gasteiger partial charge in [0.05, 0.1) is 0 Å². The number of nitrogens with zero attached hydrogens (tertiary/aromatic N) is 2. The minimum atomic E-state index is -0.238. The molecule has 106 valence electrons. The molecule has 1 aliphatic rings. The van der Waals surface area contributed by atoms with Crippen molar-refractivity contribution in [1.29, 1.82) is 0 Å². The highest BCUT2D eigenvalue weighted by atomic mass is 15.3. The van der Waals surface area contributed by atoms with Crippen LogP contribution in [0.2, 0.25) is 0 Å². The van der Waals surface area contributed by atoms with Gasteiger partial charge in [0, 0.05) is 11.8 Å². The zero-order valence-electron chi connectivity index (χ0n) is 11.9. The summed E-state index contributed by atoms with van der Waals surface area (Å²) in [5.74, 6) is 1.05. The van der Waals surface area contributed by atoms with Crippen molar-refractivity contribution in [2.45, 2.75) is 13.1 Å². The molecule has 0 radical (unpaired) electrons. The Morgan fingerprint density at radius 3 is 2.48 bits per heavy atom. The Bertz CT molecular complexity index is 704. The average molecular weight is 278 g/mol. The third-order valence-electron chi connectivity index (χ3n) is 3.47. The van der Waals surface area contributed by atoms with Gasteiger partial charge in [-0.05, 0) is 30.2 Å². The molecule has 0 fully saturated rings. The van der Waals surface area contributed by atoms with Crippen LogP contribution in [0.5, 0.6) is 0 Å². The molecule has 1 aliphatic heterocycles. The third-order valence-corrected chi connectivity index (χ3v) is 3.47. The lowest BCUT2D eigenvalue weighted by molar-refractivity contribution is 0.692. The second-order valence-electron chi connectivity index (χ2n) is 5.12. The molecule has 3 rings (SSSR count). The van der Waals surface area contributed by atoms with Gasteiger partial charge in [-0.1, -0.05) is 42.5 Å². The number of nitrogens with two attached hydrogens (primary N) is 2. The highest BCUT2D eigenvalue weighted by Gasteiger charge is 2.25. The van der Waals surface area contributed by atoms with Gasteiger partial charge in [0.15, 0.2) is 6.17 Å². The second kappa shape index (κ2) is 5.32. The van der Waals surface area contributed by atoms with Crippen molar-refractivity contribution in [2.24, 2.45) is 16.5 Å². The SMILES string of the molecule is Cc1cccc(N2C(N)=CC(N)=N[C@H]2c2ccccc2)c1. The molecule has 21 heavy (non-hydrogen) atoms. The zero-order valence-corrected chi connectivity index (χ0v) is 11.9. The molecule has 4 heteroatoms. The van der Waals surface area contributed by atoms with Crippen LogP contribution < -0.4 is 16.4 Å². The maximum Gasteiger partial charge on any atom is 0.154 e. The molecule has 0 aliphatic carbocycles. The minimum absolute atomic E-state index is 0.238. The van der Waals surface area contributed by atoms with Crippen molar-refractivity contribution < 1.29 is 0 Å². The van der Waals surface area contributed by atoms with Crippen molar-refractivity contribution in [3.63, 3.8) is 0 Å². The summed E-state index contributed by atoms with van der Waals surface area (Å²) in [6.07, 6.45) is 1.46. The summed E-state index contributed by atoms with van der Waals surface area (Å²) < 4.78 is 0. The van der Waals surface area contributed by atoms with E-state index in [1.807, 2.05) is 47.4 Å². The van der Waals surface area contributed by atoms with E-state index in [9.17, 15) is 0 Å². The van der Waals surface area contributed by atoms with Gasteiger partial charge in [-0.3, -0.25) is 0 Å². The Hall–Kier alpha value is -2.75. The van der Waals surface area contributed by atoms with Crippen molar-refractivity contribution in [1.82, 2.24) is 0 Å². The molecule has 2 aromatic carbocycles. The van der Waals surface area contributed by atoms with E-state index in [4.69, 9.17) is 11.5 Å². The first-order valence-corrected chi connectivity index (χ1v) is 6.86. The van der Waals surface area contributed by atoms with E-state index in [1.54, 1.807) is 6.08 Å². The first-order chi connectivity index (χ1) is 10.1. The number of benzene rings is 2. The Kier molecular flexibility index (Phi) is 3.36. The van der Waals surface area contributed by atoms with Crippen LogP contribution in [0.1, 0.15) is 17.3 Å². The van der Waals surface area contributed by atoms with Gasteiger partial charge < -0.3 is 16.4 Å². The summed E-state index contributed by atoms with van der Waals surface area (Å²) in [7, 11) is 0. The van der Waals surface area contributed by atoms with Gasteiger partial charge in [0.1, 0.15) is 11.7 Å². The number of aryl methyl sites for hydroxylation is 1. The van der Waals surface area contributed by atoms with E-state index >= 15 is 0 Å². The second-order valence-corrected chi connectivity index (χ2v) is 5.12.